The van der Waals surface area contributed by atoms with Gasteiger partial charge in [0.1, 0.15) is 0 Å². The Labute approximate surface area is 135 Å². The smallest absolute Gasteiger partial charge is 0.0487 e. The lowest BCUT2D eigenvalue weighted by Crippen LogP contribution is -2.19. The number of nitrogens with one attached hydrogen (secondary N) is 1. The minimum atomic E-state index is 0.855. The first-order valence-electron chi connectivity index (χ1n) is 7.57. The predicted octanol–water partition coefficient (Wildman–Crippen LogP) is 4.97. The molecule has 1 heterocycles. The van der Waals surface area contributed by atoms with Gasteiger partial charge in [-0.25, -0.2) is 0 Å². The average Bonchev–Trinajstić information content (AvgIpc) is 3.01. The van der Waals surface area contributed by atoms with E-state index in [0.717, 1.165) is 16.7 Å². The molecule has 0 radical (unpaired) electrons. The molecule has 2 aromatic rings. The first kappa shape index (κ1) is 14.5. The van der Waals surface area contributed by atoms with Crippen LogP contribution >= 0.6 is 15.9 Å². The second kappa shape index (κ2) is 6.52. The van der Waals surface area contributed by atoms with Crippen molar-refractivity contribution in [3.05, 3.63) is 58.1 Å². The van der Waals surface area contributed by atoms with Crippen LogP contribution < -0.4 is 10.2 Å². The summed E-state index contributed by atoms with van der Waals surface area (Å²) in [5.41, 5.74) is 5.17. The van der Waals surface area contributed by atoms with Crippen LogP contribution in [0.1, 0.15) is 24.0 Å². The highest BCUT2D eigenvalue weighted by Crippen LogP contribution is 2.27. The van der Waals surface area contributed by atoms with Crippen LogP contribution in [0.5, 0.6) is 0 Å². The van der Waals surface area contributed by atoms with Crippen molar-refractivity contribution in [2.24, 2.45) is 0 Å². The van der Waals surface area contributed by atoms with Gasteiger partial charge in [-0.15, -0.1) is 0 Å². The minimum absolute atomic E-state index is 0.855. The molecule has 3 rings (SSSR count). The summed E-state index contributed by atoms with van der Waals surface area (Å²) >= 11 is 3.63. The molecule has 3 heteroatoms. The summed E-state index contributed by atoms with van der Waals surface area (Å²) in [6.07, 6.45) is 2.62. The van der Waals surface area contributed by atoms with Crippen LogP contribution in [-0.4, -0.2) is 13.1 Å². The molecule has 0 atom stereocenters. The van der Waals surface area contributed by atoms with E-state index in [1.54, 1.807) is 0 Å². The fourth-order valence-corrected chi connectivity index (χ4v) is 3.51. The number of anilines is 2. The fraction of sp³-hybridized carbons (Fsp3) is 0.333. The molecular weight excluding hydrogens is 324 g/mol. The molecule has 0 aromatic heterocycles. The van der Waals surface area contributed by atoms with Crippen LogP contribution in [0, 0.1) is 6.92 Å². The molecule has 2 nitrogen and oxygen atoms in total. The van der Waals surface area contributed by atoms with Crippen molar-refractivity contribution in [2.75, 3.05) is 23.3 Å². The van der Waals surface area contributed by atoms with E-state index < -0.39 is 0 Å². The standard InChI is InChI=1S/C18H21BrN2/c1-14-8-9-17(16(19)12-14)20-13-15-6-2-3-7-18(15)21-10-4-5-11-21/h2-3,6-9,12,20H,4-5,10-11,13H2,1H3. The van der Waals surface area contributed by atoms with Crippen molar-refractivity contribution in [1.82, 2.24) is 0 Å². The van der Waals surface area contributed by atoms with Crippen LogP contribution in [-0.2, 0) is 6.54 Å². The van der Waals surface area contributed by atoms with Crippen molar-refractivity contribution in [2.45, 2.75) is 26.3 Å². The third kappa shape index (κ3) is 3.41. The largest absolute Gasteiger partial charge is 0.380 e. The maximum absolute atomic E-state index is 3.63. The Hall–Kier alpha value is -1.48. The van der Waals surface area contributed by atoms with E-state index in [1.807, 2.05) is 0 Å². The Bertz CT molecular complexity index is 618. The molecular formula is C18H21BrN2. The zero-order valence-electron chi connectivity index (χ0n) is 12.4. The van der Waals surface area contributed by atoms with Gasteiger partial charge in [0.2, 0.25) is 0 Å². The molecule has 1 fully saturated rings. The SMILES string of the molecule is Cc1ccc(NCc2ccccc2N2CCCC2)c(Br)c1. The molecule has 0 unspecified atom stereocenters. The molecule has 0 bridgehead atoms. The first-order chi connectivity index (χ1) is 10.2. The third-order valence-electron chi connectivity index (χ3n) is 4.03. The average molecular weight is 345 g/mol. The summed E-state index contributed by atoms with van der Waals surface area (Å²) in [6, 6.07) is 15.2. The lowest BCUT2D eigenvalue weighted by atomic mass is 10.1. The van der Waals surface area contributed by atoms with Gasteiger partial charge in [-0.1, -0.05) is 24.3 Å². The normalized spacial score (nSPS) is 14.5. The molecule has 0 spiro atoms. The van der Waals surface area contributed by atoms with E-state index >= 15 is 0 Å². The van der Waals surface area contributed by atoms with Gasteiger partial charge in [-0.05, 0) is 65.0 Å². The Balaban J connectivity index is 1.75. The highest BCUT2D eigenvalue weighted by molar-refractivity contribution is 9.10. The Morgan fingerprint density at radius 3 is 2.62 bits per heavy atom. The van der Waals surface area contributed by atoms with Crippen molar-refractivity contribution in [1.29, 1.82) is 0 Å². The molecule has 1 saturated heterocycles. The van der Waals surface area contributed by atoms with E-state index in [-0.39, 0.29) is 0 Å². The maximum Gasteiger partial charge on any atom is 0.0487 e. The number of rotatable bonds is 4. The lowest BCUT2D eigenvalue weighted by molar-refractivity contribution is 0.949. The minimum Gasteiger partial charge on any atom is -0.380 e. The van der Waals surface area contributed by atoms with Crippen molar-refractivity contribution in [3.63, 3.8) is 0 Å². The van der Waals surface area contributed by atoms with Crippen LogP contribution in [0.2, 0.25) is 0 Å². The van der Waals surface area contributed by atoms with Gasteiger partial charge < -0.3 is 10.2 Å². The lowest BCUT2D eigenvalue weighted by Gasteiger charge is -2.22. The number of para-hydroxylation sites is 1. The van der Waals surface area contributed by atoms with Crippen LogP contribution in [0.25, 0.3) is 0 Å². The third-order valence-corrected chi connectivity index (χ3v) is 4.69. The topological polar surface area (TPSA) is 15.3 Å². The number of hydrogen-bond donors (Lipinski definition) is 1. The van der Waals surface area contributed by atoms with E-state index in [2.05, 4.69) is 75.5 Å². The van der Waals surface area contributed by atoms with E-state index in [0.29, 0.717) is 0 Å². The maximum atomic E-state index is 3.63. The molecule has 1 N–H and O–H groups in total. The Morgan fingerprint density at radius 2 is 1.86 bits per heavy atom. The number of hydrogen-bond acceptors (Lipinski definition) is 2. The van der Waals surface area contributed by atoms with Gasteiger partial charge >= 0.3 is 0 Å². The summed E-state index contributed by atoms with van der Waals surface area (Å²) in [4.78, 5) is 2.50. The zero-order chi connectivity index (χ0) is 14.7. The quantitative estimate of drug-likeness (QED) is 0.842. The second-order valence-electron chi connectivity index (χ2n) is 5.66. The monoisotopic (exact) mass is 344 g/mol. The number of halogens is 1. The molecule has 0 amide bonds. The zero-order valence-corrected chi connectivity index (χ0v) is 14.0. The Kier molecular flexibility index (Phi) is 4.49. The highest BCUT2D eigenvalue weighted by atomic mass is 79.9. The number of aryl methyl sites for hydroxylation is 1. The summed E-state index contributed by atoms with van der Waals surface area (Å²) in [7, 11) is 0. The molecule has 21 heavy (non-hydrogen) atoms. The number of benzene rings is 2. The molecule has 2 aromatic carbocycles. The van der Waals surface area contributed by atoms with Gasteiger partial charge in [0.15, 0.2) is 0 Å². The molecule has 1 aliphatic heterocycles. The summed E-state index contributed by atoms with van der Waals surface area (Å²) < 4.78 is 1.13. The summed E-state index contributed by atoms with van der Waals surface area (Å²) in [6.45, 7) is 5.34. The highest BCUT2D eigenvalue weighted by Gasteiger charge is 2.15. The summed E-state index contributed by atoms with van der Waals surface area (Å²) in [5, 5.41) is 3.55. The fourth-order valence-electron chi connectivity index (χ4n) is 2.88. The molecule has 0 aliphatic carbocycles. The van der Waals surface area contributed by atoms with Gasteiger partial charge in [0.05, 0.1) is 0 Å². The first-order valence-corrected chi connectivity index (χ1v) is 8.36. The van der Waals surface area contributed by atoms with Crippen LogP contribution in [0.15, 0.2) is 46.9 Å². The van der Waals surface area contributed by atoms with Gasteiger partial charge in [-0.3, -0.25) is 0 Å². The van der Waals surface area contributed by atoms with Crippen LogP contribution in [0.4, 0.5) is 11.4 Å². The van der Waals surface area contributed by atoms with Gasteiger partial charge in [0, 0.05) is 35.5 Å². The predicted molar refractivity (Wildman–Crippen MR) is 94.1 cm³/mol. The van der Waals surface area contributed by atoms with E-state index in [1.165, 1.54) is 42.7 Å². The number of nitrogens with zero attached hydrogens (tertiary/aromatic N) is 1. The molecule has 0 saturated carbocycles. The van der Waals surface area contributed by atoms with E-state index in [9.17, 15) is 0 Å². The van der Waals surface area contributed by atoms with Crippen molar-refractivity contribution in [3.8, 4) is 0 Å². The molecule has 1 aliphatic rings. The Morgan fingerprint density at radius 1 is 1.10 bits per heavy atom. The van der Waals surface area contributed by atoms with Gasteiger partial charge in [0.25, 0.3) is 0 Å². The van der Waals surface area contributed by atoms with Crippen LogP contribution in [0.3, 0.4) is 0 Å². The summed E-state index contributed by atoms with van der Waals surface area (Å²) in [5.74, 6) is 0. The van der Waals surface area contributed by atoms with E-state index in [4.69, 9.17) is 0 Å². The second-order valence-corrected chi connectivity index (χ2v) is 6.51. The molecule has 110 valence electrons. The van der Waals surface area contributed by atoms with Crippen molar-refractivity contribution >= 4 is 27.3 Å². The van der Waals surface area contributed by atoms with Gasteiger partial charge in [-0.2, -0.15) is 0 Å². The van der Waals surface area contributed by atoms with Crippen molar-refractivity contribution < 1.29 is 0 Å².